The molecule has 1 fully saturated rings. The monoisotopic (exact) mass is 321 g/mol. The van der Waals surface area contributed by atoms with Crippen LogP contribution in [0.5, 0.6) is 11.5 Å². The van der Waals surface area contributed by atoms with Gasteiger partial charge in [-0.3, -0.25) is 9.59 Å². The first-order chi connectivity index (χ1) is 11.1. The molecule has 0 radical (unpaired) electrons. The number of ether oxygens (including phenoxy) is 3. The number of nitrogens with zero attached hydrogens (tertiary/aromatic N) is 1. The lowest BCUT2D eigenvalue weighted by molar-refractivity contribution is -0.145. The van der Waals surface area contributed by atoms with Crippen molar-refractivity contribution in [1.82, 2.24) is 4.90 Å². The van der Waals surface area contributed by atoms with E-state index in [9.17, 15) is 9.59 Å². The lowest BCUT2D eigenvalue weighted by Crippen LogP contribution is -2.30. The maximum Gasteiger partial charge on any atom is 0.310 e. The predicted octanol–water partition coefficient (Wildman–Crippen LogP) is 1.66. The van der Waals surface area contributed by atoms with Crippen molar-refractivity contribution in [3.05, 3.63) is 23.8 Å². The highest BCUT2D eigenvalue weighted by Gasteiger charge is 2.31. The summed E-state index contributed by atoms with van der Waals surface area (Å²) in [6.07, 6.45) is 1.71. The van der Waals surface area contributed by atoms with Gasteiger partial charge < -0.3 is 19.1 Å². The number of hydrogen-bond donors (Lipinski definition) is 0. The molecule has 1 amide bonds. The van der Waals surface area contributed by atoms with Crippen LogP contribution in [0.15, 0.2) is 18.2 Å². The van der Waals surface area contributed by atoms with Crippen LogP contribution in [0.1, 0.15) is 18.4 Å². The Morgan fingerprint density at radius 1 is 1.17 bits per heavy atom. The zero-order chi connectivity index (χ0) is 16.8. The number of carbonyl (C=O) groups is 2. The summed E-state index contributed by atoms with van der Waals surface area (Å²) in [7, 11) is 4.56. The van der Waals surface area contributed by atoms with E-state index in [1.807, 2.05) is 18.2 Å². The fourth-order valence-corrected chi connectivity index (χ4v) is 2.79. The average Bonchev–Trinajstić information content (AvgIpc) is 3.08. The highest BCUT2D eigenvalue weighted by atomic mass is 16.5. The quantitative estimate of drug-likeness (QED) is 0.746. The number of hydrogen-bond acceptors (Lipinski definition) is 5. The molecule has 0 aliphatic carbocycles. The van der Waals surface area contributed by atoms with Gasteiger partial charge in [0.25, 0.3) is 0 Å². The van der Waals surface area contributed by atoms with Crippen LogP contribution < -0.4 is 9.47 Å². The second-order valence-corrected chi connectivity index (χ2v) is 5.54. The zero-order valence-corrected chi connectivity index (χ0v) is 13.8. The van der Waals surface area contributed by atoms with Gasteiger partial charge >= 0.3 is 5.97 Å². The summed E-state index contributed by atoms with van der Waals surface area (Å²) in [6, 6.07) is 5.64. The van der Waals surface area contributed by atoms with E-state index in [4.69, 9.17) is 14.2 Å². The summed E-state index contributed by atoms with van der Waals surface area (Å²) < 4.78 is 15.2. The molecule has 0 N–H and O–H groups in total. The number of esters is 1. The zero-order valence-electron chi connectivity index (χ0n) is 13.8. The fraction of sp³-hybridized carbons (Fsp3) is 0.529. The van der Waals surface area contributed by atoms with Gasteiger partial charge in [-0.1, -0.05) is 6.07 Å². The van der Waals surface area contributed by atoms with E-state index in [0.29, 0.717) is 43.9 Å². The highest BCUT2D eigenvalue weighted by molar-refractivity contribution is 5.79. The maximum atomic E-state index is 12.3. The molecule has 1 atom stereocenters. The van der Waals surface area contributed by atoms with Crippen molar-refractivity contribution in [2.45, 2.75) is 19.3 Å². The minimum Gasteiger partial charge on any atom is -0.493 e. The number of rotatable bonds is 6. The van der Waals surface area contributed by atoms with Crippen LogP contribution in [0.25, 0.3) is 0 Å². The summed E-state index contributed by atoms with van der Waals surface area (Å²) >= 11 is 0. The molecule has 0 saturated carbocycles. The topological polar surface area (TPSA) is 65.1 Å². The normalized spacial score (nSPS) is 17.0. The Morgan fingerprint density at radius 2 is 1.91 bits per heavy atom. The number of likely N-dealkylation sites (tertiary alicyclic amines) is 1. The highest BCUT2D eigenvalue weighted by Crippen LogP contribution is 2.28. The molecule has 126 valence electrons. The van der Waals surface area contributed by atoms with E-state index >= 15 is 0 Å². The Bertz CT molecular complexity index is 572. The average molecular weight is 321 g/mol. The van der Waals surface area contributed by atoms with Crippen molar-refractivity contribution in [2.75, 3.05) is 34.4 Å². The Labute approximate surface area is 136 Å². The van der Waals surface area contributed by atoms with Crippen molar-refractivity contribution in [3.8, 4) is 11.5 Å². The van der Waals surface area contributed by atoms with Crippen LogP contribution in [0.4, 0.5) is 0 Å². The molecule has 2 rings (SSSR count). The summed E-state index contributed by atoms with van der Waals surface area (Å²) in [5, 5.41) is 0. The molecule has 23 heavy (non-hydrogen) atoms. The van der Waals surface area contributed by atoms with Gasteiger partial charge in [-0.05, 0) is 30.5 Å². The first-order valence-corrected chi connectivity index (χ1v) is 7.65. The summed E-state index contributed by atoms with van der Waals surface area (Å²) in [5.41, 5.74) is 1.01. The molecule has 1 aliphatic rings. The first-order valence-electron chi connectivity index (χ1n) is 7.65. The summed E-state index contributed by atoms with van der Waals surface area (Å²) in [6.45, 7) is 1.07. The Kier molecular flexibility index (Phi) is 5.84. The van der Waals surface area contributed by atoms with Crippen molar-refractivity contribution in [3.63, 3.8) is 0 Å². The summed E-state index contributed by atoms with van der Waals surface area (Å²) in [4.78, 5) is 25.5. The molecule has 6 nitrogen and oxygen atoms in total. The molecule has 1 heterocycles. The minimum absolute atomic E-state index is 0.0613. The van der Waals surface area contributed by atoms with Crippen LogP contribution in [0.2, 0.25) is 0 Å². The van der Waals surface area contributed by atoms with Gasteiger partial charge in [0, 0.05) is 19.5 Å². The molecule has 1 aliphatic heterocycles. The van der Waals surface area contributed by atoms with Gasteiger partial charge in [-0.2, -0.15) is 0 Å². The number of carbonyl (C=O) groups excluding carboxylic acids is 2. The van der Waals surface area contributed by atoms with Crippen LogP contribution in [0.3, 0.4) is 0 Å². The third-order valence-corrected chi connectivity index (χ3v) is 4.15. The van der Waals surface area contributed by atoms with Gasteiger partial charge in [0.15, 0.2) is 11.5 Å². The largest absolute Gasteiger partial charge is 0.493 e. The van der Waals surface area contributed by atoms with Gasteiger partial charge in [0.05, 0.1) is 27.2 Å². The molecular weight excluding hydrogens is 298 g/mol. The number of benzene rings is 1. The number of aryl methyl sites for hydroxylation is 1. The predicted molar refractivity (Wildman–Crippen MR) is 84.6 cm³/mol. The molecule has 1 unspecified atom stereocenters. The van der Waals surface area contributed by atoms with E-state index < -0.39 is 0 Å². The lowest BCUT2D eigenvalue weighted by atomic mass is 10.1. The standard InChI is InChI=1S/C17H23NO5/c1-21-14-6-4-12(10-15(14)22-2)5-7-16(19)18-9-8-13(11-18)17(20)23-3/h4,6,10,13H,5,7-9,11H2,1-3H3. The van der Waals surface area contributed by atoms with Crippen LogP contribution >= 0.6 is 0 Å². The van der Waals surface area contributed by atoms with E-state index in [-0.39, 0.29) is 17.8 Å². The number of amides is 1. The number of methoxy groups -OCH3 is 3. The van der Waals surface area contributed by atoms with Gasteiger partial charge in [-0.25, -0.2) is 0 Å². The Balaban J connectivity index is 1.89. The van der Waals surface area contributed by atoms with Gasteiger partial charge in [0.1, 0.15) is 0 Å². The molecule has 1 aromatic rings. The van der Waals surface area contributed by atoms with E-state index in [2.05, 4.69) is 0 Å². The molecule has 0 bridgehead atoms. The Hall–Kier alpha value is -2.24. The van der Waals surface area contributed by atoms with Crippen LogP contribution in [-0.4, -0.2) is 51.2 Å². The van der Waals surface area contributed by atoms with E-state index in [1.54, 1.807) is 19.1 Å². The van der Waals surface area contributed by atoms with Gasteiger partial charge in [0.2, 0.25) is 5.91 Å². The first kappa shape index (κ1) is 17.1. The smallest absolute Gasteiger partial charge is 0.310 e. The maximum absolute atomic E-state index is 12.3. The van der Waals surface area contributed by atoms with Crippen LogP contribution in [-0.2, 0) is 20.7 Å². The third kappa shape index (κ3) is 4.15. The van der Waals surface area contributed by atoms with E-state index in [0.717, 1.165) is 5.56 Å². The van der Waals surface area contributed by atoms with Crippen molar-refractivity contribution >= 4 is 11.9 Å². The van der Waals surface area contributed by atoms with Crippen molar-refractivity contribution in [2.24, 2.45) is 5.92 Å². The molecule has 1 saturated heterocycles. The van der Waals surface area contributed by atoms with E-state index in [1.165, 1.54) is 7.11 Å². The minimum atomic E-state index is -0.236. The Morgan fingerprint density at radius 3 is 2.57 bits per heavy atom. The molecule has 1 aromatic carbocycles. The molecule has 0 aromatic heterocycles. The second kappa shape index (κ2) is 7.85. The lowest BCUT2D eigenvalue weighted by Gasteiger charge is -2.16. The molecular formula is C17H23NO5. The molecule has 0 spiro atoms. The van der Waals surface area contributed by atoms with Crippen LogP contribution in [0, 0.1) is 5.92 Å². The molecule has 6 heteroatoms. The van der Waals surface area contributed by atoms with Crippen molar-refractivity contribution < 1.29 is 23.8 Å². The van der Waals surface area contributed by atoms with Crippen molar-refractivity contribution in [1.29, 1.82) is 0 Å². The van der Waals surface area contributed by atoms with Gasteiger partial charge in [-0.15, -0.1) is 0 Å². The second-order valence-electron chi connectivity index (χ2n) is 5.54. The SMILES string of the molecule is COC(=O)C1CCN(C(=O)CCc2ccc(OC)c(OC)c2)C1. The third-order valence-electron chi connectivity index (χ3n) is 4.15. The summed E-state index contributed by atoms with van der Waals surface area (Å²) in [5.74, 6) is 0.962. The fourth-order valence-electron chi connectivity index (χ4n) is 2.79.